The molecule has 3 nitrogen and oxygen atoms in total. The van der Waals surface area contributed by atoms with Crippen LogP contribution in [0.5, 0.6) is 5.75 Å². The summed E-state index contributed by atoms with van der Waals surface area (Å²) in [6.07, 6.45) is 3.73. The summed E-state index contributed by atoms with van der Waals surface area (Å²) in [5.41, 5.74) is -0.354. The molecule has 0 heterocycles. The molecule has 1 aliphatic rings. The fourth-order valence-corrected chi connectivity index (χ4v) is 5.60. The molecular formula is C13H15Br2ClO3S. The first-order valence-corrected chi connectivity index (χ1v) is 10.4. The van der Waals surface area contributed by atoms with Crippen LogP contribution in [0.3, 0.4) is 0 Å². The summed E-state index contributed by atoms with van der Waals surface area (Å²) in [7, 11) is 1.92. The third-order valence-electron chi connectivity index (χ3n) is 3.57. The molecule has 0 spiro atoms. The quantitative estimate of drug-likeness (QED) is 0.615. The molecule has 0 unspecified atom stereocenters. The molecule has 0 radical (unpaired) electrons. The topological polar surface area (TPSA) is 43.4 Å². The van der Waals surface area contributed by atoms with Gasteiger partial charge in [-0.15, -0.1) is 0 Å². The fourth-order valence-electron chi connectivity index (χ4n) is 2.64. The van der Waals surface area contributed by atoms with Crippen LogP contribution in [-0.4, -0.2) is 20.8 Å². The summed E-state index contributed by atoms with van der Waals surface area (Å²) in [5.74, 6) is 0.696. The van der Waals surface area contributed by atoms with Gasteiger partial charge in [0.25, 0.3) is 0 Å². The summed E-state index contributed by atoms with van der Waals surface area (Å²) in [6, 6.07) is 5.64. The van der Waals surface area contributed by atoms with E-state index < -0.39 is 9.05 Å². The maximum absolute atomic E-state index is 11.4. The molecule has 1 aromatic rings. The van der Waals surface area contributed by atoms with Crippen molar-refractivity contribution < 1.29 is 13.2 Å². The third kappa shape index (κ3) is 4.61. The van der Waals surface area contributed by atoms with Crippen LogP contribution in [0, 0.1) is 5.41 Å². The van der Waals surface area contributed by atoms with Gasteiger partial charge in [-0.05, 0) is 47.0 Å². The number of halogens is 3. The molecule has 2 rings (SSSR count). The highest BCUT2D eigenvalue weighted by Gasteiger charge is 2.38. The predicted octanol–water partition coefficient (Wildman–Crippen LogP) is 4.72. The van der Waals surface area contributed by atoms with E-state index in [-0.39, 0.29) is 11.2 Å². The van der Waals surface area contributed by atoms with E-state index in [1.165, 1.54) is 0 Å². The van der Waals surface area contributed by atoms with Crippen molar-refractivity contribution in [3.63, 3.8) is 0 Å². The summed E-state index contributed by atoms with van der Waals surface area (Å²) in [6.45, 7) is 0.374. The molecule has 0 bridgehead atoms. The molecule has 0 N–H and O–H groups in total. The minimum atomic E-state index is -3.51. The normalized spacial score (nSPS) is 18.1. The van der Waals surface area contributed by atoms with Gasteiger partial charge < -0.3 is 4.74 Å². The lowest BCUT2D eigenvalue weighted by Crippen LogP contribution is -2.32. The summed E-state index contributed by atoms with van der Waals surface area (Å²) < 4.78 is 30.4. The molecule has 7 heteroatoms. The van der Waals surface area contributed by atoms with Gasteiger partial charge >= 0.3 is 0 Å². The Morgan fingerprint density at radius 3 is 2.45 bits per heavy atom. The highest BCUT2D eigenvalue weighted by molar-refractivity contribution is 9.11. The number of hydrogen-bond acceptors (Lipinski definition) is 3. The van der Waals surface area contributed by atoms with E-state index in [2.05, 4.69) is 31.9 Å². The Balaban J connectivity index is 2.09. The van der Waals surface area contributed by atoms with Crippen molar-refractivity contribution in [3.8, 4) is 5.75 Å². The second-order valence-electron chi connectivity index (χ2n) is 5.25. The molecule has 0 aromatic heterocycles. The van der Waals surface area contributed by atoms with Crippen LogP contribution in [0.15, 0.2) is 27.1 Å². The number of ether oxygens (including phenoxy) is 1. The number of benzene rings is 1. The second-order valence-corrected chi connectivity index (χ2v) is 9.80. The van der Waals surface area contributed by atoms with Gasteiger partial charge in [0.2, 0.25) is 9.05 Å². The van der Waals surface area contributed by atoms with Crippen LogP contribution in [0.25, 0.3) is 0 Å². The lowest BCUT2D eigenvalue weighted by molar-refractivity contribution is 0.170. The largest absolute Gasteiger partial charge is 0.492 e. The van der Waals surface area contributed by atoms with E-state index in [1.807, 2.05) is 18.2 Å². The van der Waals surface area contributed by atoms with Crippen LogP contribution < -0.4 is 4.74 Å². The van der Waals surface area contributed by atoms with Crippen LogP contribution in [0.1, 0.15) is 25.7 Å². The minimum Gasteiger partial charge on any atom is -0.492 e. The van der Waals surface area contributed by atoms with Crippen molar-refractivity contribution in [2.45, 2.75) is 25.7 Å². The van der Waals surface area contributed by atoms with E-state index >= 15 is 0 Å². The molecule has 1 aromatic carbocycles. The monoisotopic (exact) mass is 444 g/mol. The highest BCUT2D eigenvalue weighted by atomic mass is 79.9. The highest BCUT2D eigenvalue weighted by Crippen LogP contribution is 2.41. The SMILES string of the molecule is O=S(=O)(Cl)CC1(COc2ccc(Br)cc2Br)CCCC1. The second kappa shape index (κ2) is 6.55. The van der Waals surface area contributed by atoms with E-state index in [0.717, 1.165) is 34.6 Å². The van der Waals surface area contributed by atoms with E-state index in [1.54, 1.807) is 0 Å². The maximum Gasteiger partial charge on any atom is 0.233 e. The lowest BCUT2D eigenvalue weighted by atomic mass is 9.90. The first kappa shape index (κ1) is 16.6. The Morgan fingerprint density at radius 2 is 1.90 bits per heavy atom. The molecule has 20 heavy (non-hydrogen) atoms. The van der Waals surface area contributed by atoms with Crippen molar-refractivity contribution >= 4 is 51.6 Å². The van der Waals surface area contributed by atoms with Crippen LogP contribution in [0.4, 0.5) is 0 Å². The molecule has 1 aliphatic carbocycles. The first-order chi connectivity index (χ1) is 9.30. The van der Waals surface area contributed by atoms with Crippen molar-refractivity contribution in [2.24, 2.45) is 5.41 Å². The van der Waals surface area contributed by atoms with Gasteiger partial charge in [-0.3, -0.25) is 0 Å². The van der Waals surface area contributed by atoms with Crippen molar-refractivity contribution in [1.29, 1.82) is 0 Å². The fraction of sp³-hybridized carbons (Fsp3) is 0.538. The van der Waals surface area contributed by atoms with Crippen molar-refractivity contribution in [2.75, 3.05) is 12.4 Å². The summed E-state index contributed by atoms with van der Waals surface area (Å²) in [5, 5.41) is 0. The Morgan fingerprint density at radius 1 is 1.25 bits per heavy atom. The Labute approximate surface area is 140 Å². The van der Waals surface area contributed by atoms with Crippen molar-refractivity contribution in [3.05, 3.63) is 27.1 Å². The van der Waals surface area contributed by atoms with Crippen LogP contribution in [0.2, 0.25) is 0 Å². The van der Waals surface area contributed by atoms with Crippen LogP contribution in [-0.2, 0) is 9.05 Å². The summed E-state index contributed by atoms with van der Waals surface area (Å²) >= 11 is 6.82. The lowest BCUT2D eigenvalue weighted by Gasteiger charge is -2.27. The molecule has 0 saturated heterocycles. The van der Waals surface area contributed by atoms with Gasteiger partial charge in [0.05, 0.1) is 16.8 Å². The van der Waals surface area contributed by atoms with Gasteiger partial charge in [0.1, 0.15) is 5.75 Å². The average Bonchev–Trinajstić information content (AvgIpc) is 2.74. The Bertz CT molecular complexity index is 583. The van der Waals surface area contributed by atoms with E-state index in [4.69, 9.17) is 15.4 Å². The Hall–Kier alpha value is 0.220. The van der Waals surface area contributed by atoms with Crippen molar-refractivity contribution in [1.82, 2.24) is 0 Å². The van der Waals surface area contributed by atoms with Gasteiger partial charge in [-0.1, -0.05) is 28.8 Å². The minimum absolute atomic E-state index is 0.0182. The van der Waals surface area contributed by atoms with Crippen LogP contribution >= 0.6 is 42.5 Å². The van der Waals surface area contributed by atoms with E-state index in [9.17, 15) is 8.42 Å². The predicted molar refractivity (Wildman–Crippen MR) is 87.9 cm³/mol. The maximum atomic E-state index is 11.4. The molecular weight excluding hydrogens is 431 g/mol. The number of hydrogen-bond donors (Lipinski definition) is 0. The van der Waals surface area contributed by atoms with Gasteiger partial charge in [0.15, 0.2) is 0 Å². The zero-order valence-electron chi connectivity index (χ0n) is 10.7. The summed E-state index contributed by atoms with van der Waals surface area (Å²) in [4.78, 5) is 0. The molecule has 0 atom stereocenters. The third-order valence-corrected chi connectivity index (χ3v) is 5.97. The molecule has 1 fully saturated rings. The molecule has 0 amide bonds. The molecule has 1 saturated carbocycles. The smallest absolute Gasteiger partial charge is 0.233 e. The number of rotatable bonds is 5. The standard InChI is InChI=1S/C13H15Br2ClO3S/c14-10-3-4-12(11(15)7-10)19-8-13(5-1-2-6-13)9-20(16,17)18/h3-4,7H,1-2,5-6,8-9H2. The Kier molecular flexibility index (Phi) is 5.43. The van der Waals surface area contributed by atoms with Gasteiger partial charge in [0, 0.05) is 20.6 Å². The van der Waals surface area contributed by atoms with E-state index in [0.29, 0.717) is 12.4 Å². The molecule has 112 valence electrons. The van der Waals surface area contributed by atoms with Gasteiger partial charge in [-0.25, -0.2) is 8.42 Å². The average molecular weight is 447 g/mol. The molecule has 0 aliphatic heterocycles. The van der Waals surface area contributed by atoms with Gasteiger partial charge in [-0.2, -0.15) is 0 Å². The first-order valence-electron chi connectivity index (χ1n) is 6.30. The zero-order chi connectivity index (χ0) is 14.8. The zero-order valence-corrected chi connectivity index (χ0v) is 15.5.